The first kappa shape index (κ1) is 19.8. The molecule has 0 bridgehead atoms. The number of aromatic amines is 1. The van der Waals surface area contributed by atoms with Gasteiger partial charge in [-0.2, -0.15) is 8.42 Å². The Balaban J connectivity index is 1.57. The molecule has 3 N–H and O–H groups in total. The third-order valence-corrected chi connectivity index (χ3v) is 7.65. The molecule has 154 valence electrons. The Kier molecular flexibility index (Phi) is 4.63. The van der Waals surface area contributed by atoms with Crippen LogP contribution in [0.3, 0.4) is 0 Å². The maximum absolute atomic E-state index is 12.8. The number of tetrazole rings is 1. The molecular formula is C16H18N6O5S2. The van der Waals surface area contributed by atoms with Crippen molar-refractivity contribution >= 4 is 33.7 Å². The van der Waals surface area contributed by atoms with Crippen LogP contribution in [-0.2, 0) is 19.7 Å². The molecule has 2 amide bonds. The minimum Gasteiger partial charge on any atom is -0.340 e. The van der Waals surface area contributed by atoms with Gasteiger partial charge < -0.3 is 10.2 Å². The first-order valence-corrected chi connectivity index (χ1v) is 11.0. The van der Waals surface area contributed by atoms with E-state index < -0.39 is 43.5 Å². The molecule has 2 aliphatic rings. The summed E-state index contributed by atoms with van der Waals surface area (Å²) in [5.41, 5.74) is 0.112. The molecule has 4 rings (SSSR count). The topological polar surface area (TPSA) is 158 Å². The number of aromatic nitrogens is 4. The number of thioether (sulfide) groups is 1. The third kappa shape index (κ3) is 3.28. The molecule has 13 heteroatoms. The van der Waals surface area contributed by atoms with Crippen LogP contribution in [0.25, 0.3) is 0 Å². The van der Waals surface area contributed by atoms with Gasteiger partial charge in [0, 0.05) is 4.75 Å². The maximum atomic E-state index is 12.8. The Hall–Kier alpha value is -2.51. The van der Waals surface area contributed by atoms with Crippen LogP contribution in [0.2, 0.25) is 0 Å². The van der Waals surface area contributed by atoms with Gasteiger partial charge in [-0.15, -0.1) is 16.9 Å². The monoisotopic (exact) mass is 438 g/mol. The Morgan fingerprint density at radius 2 is 2.03 bits per heavy atom. The van der Waals surface area contributed by atoms with Crippen LogP contribution in [0.4, 0.5) is 0 Å². The molecule has 1 aromatic heterocycles. The second-order valence-corrected chi connectivity index (χ2v) is 10.6. The number of hydrogen-bond donors (Lipinski definition) is 3. The summed E-state index contributed by atoms with van der Waals surface area (Å²) >= 11 is 1.46. The van der Waals surface area contributed by atoms with Gasteiger partial charge in [-0.05, 0) is 29.8 Å². The van der Waals surface area contributed by atoms with Gasteiger partial charge in [0.1, 0.15) is 17.5 Å². The first-order valence-electron chi connectivity index (χ1n) is 8.66. The fourth-order valence-electron chi connectivity index (χ4n) is 3.79. The second kappa shape index (κ2) is 6.78. The summed E-state index contributed by atoms with van der Waals surface area (Å²) in [6.45, 7) is 3.86. The van der Waals surface area contributed by atoms with Gasteiger partial charge in [-0.1, -0.05) is 30.3 Å². The van der Waals surface area contributed by atoms with E-state index in [1.165, 1.54) is 23.9 Å². The summed E-state index contributed by atoms with van der Waals surface area (Å²) in [6, 6.07) is 6.29. The highest BCUT2D eigenvalue weighted by molar-refractivity contribution is 8.01. The van der Waals surface area contributed by atoms with Crippen molar-refractivity contribution in [1.29, 1.82) is 0 Å². The minimum absolute atomic E-state index is 0.112. The first-order chi connectivity index (χ1) is 13.6. The van der Waals surface area contributed by atoms with E-state index in [2.05, 4.69) is 25.9 Å². The van der Waals surface area contributed by atoms with Crippen molar-refractivity contribution in [3.05, 3.63) is 41.7 Å². The Bertz CT molecular complexity index is 1040. The van der Waals surface area contributed by atoms with Crippen LogP contribution in [0.1, 0.15) is 36.5 Å². The lowest BCUT2D eigenvalue weighted by atomic mass is 9.95. The van der Waals surface area contributed by atoms with Crippen LogP contribution in [-0.4, -0.2) is 66.5 Å². The molecule has 2 aromatic rings. The van der Waals surface area contributed by atoms with Crippen molar-refractivity contribution in [1.82, 2.24) is 30.8 Å². The molecule has 2 aliphatic heterocycles. The normalized spacial score (nSPS) is 26.5. The number of hydrogen-bond acceptors (Lipinski definition) is 8. The zero-order chi connectivity index (χ0) is 21.0. The van der Waals surface area contributed by atoms with Gasteiger partial charge in [0.2, 0.25) is 11.8 Å². The molecule has 0 saturated carbocycles. The smallest absolute Gasteiger partial charge is 0.281 e. The van der Waals surface area contributed by atoms with Crippen molar-refractivity contribution < 1.29 is 22.6 Å². The van der Waals surface area contributed by atoms with Crippen molar-refractivity contribution in [2.45, 2.75) is 41.3 Å². The summed E-state index contributed by atoms with van der Waals surface area (Å²) in [4.78, 5) is 27.1. The molecule has 1 aromatic carbocycles. The van der Waals surface area contributed by atoms with Crippen LogP contribution in [0.5, 0.6) is 0 Å². The molecule has 4 atom stereocenters. The molecule has 0 radical (unpaired) electrons. The van der Waals surface area contributed by atoms with Crippen LogP contribution in [0, 0.1) is 0 Å². The number of carbonyl (C=O) groups is 2. The molecule has 29 heavy (non-hydrogen) atoms. The van der Waals surface area contributed by atoms with Crippen molar-refractivity contribution in [2.75, 3.05) is 0 Å². The molecule has 0 spiro atoms. The number of benzene rings is 1. The van der Waals surface area contributed by atoms with E-state index in [-0.39, 0.29) is 11.5 Å². The summed E-state index contributed by atoms with van der Waals surface area (Å²) in [5, 5.41) is 14.0. The Morgan fingerprint density at radius 1 is 1.34 bits per heavy atom. The molecule has 2 saturated heterocycles. The van der Waals surface area contributed by atoms with Crippen molar-refractivity contribution in [2.24, 2.45) is 0 Å². The fraction of sp³-hybridized carbons (Fsp3) is 0.438. The number of amides is 2. The van der Waals surface area contributed by atoms with E-state index in [1.54, 1.807) is 23.1 Å². The fourth-order valence-corrected chi connectivity index (χ4v) is 6.26. The molecular weight excluding hydrogens is 420 g/mol. The number of fused-ring (bicyclic) bond motifs is 1. The molecule has 2 fully saturated rings. The van der Waals surface area contributed by atoms with Gasteiger partial charge >= 0.3 is 0 Å². The lowest BCUT2D eigenvalue weighted by Crippen LogP contribution is -2.68. The number of nitrogens with zero attached hydrogens (tertiary/aromatic N) is 4. The zero-order valence-electron chi connectivity index (χ0n) is 15.4. The summed E-state index contributed by atoms with van der Waals surface area (Å²) in [5.74, 6) is -0.895. The number of nitrogens with one attached hydrogen (secondary N) is 2. The maximum Gasteiger partial charge on any atom is 0.281 e. The average molecular weight is 438 g/mol. The highest BCUT2D eigenvalue weighted by atomic mass is 32.2. The van der Waals surface area contributed by atoms with E-state index in [0.29, 0.717) is 5.82 Å². The van der Waals surface area contributed by atoms with Gasteiger partial charge in [0.15, 0.2) is 11.1 Å². The predicted molar refractivity (Wildman–Crippen MR) is 102 cm³/mol. The molecule has 3 heterocycles. The summed E-state index contributed by atoms with van der Waals surface area (Å²) < 4.78 is 32.8. The number of carbonyl (C=O) groups excluding carboxylic acids is 2. The predicted octanol–water partition coefficient (Wildman–Crippen LogP) is 0.0484. The largest absolute Gasteiger partial charge is 0.340 e. The third-order valence-electron chi connectivity index (χ3n) is 5.00. The van der Waals surface area contributed by atoms with Gasteiger partial charge in [-0.3, -0.25) is 14.1 Å². The van der Waals surface area contributed by atoms with Crippen LogP contribution >= 0.6 is 11.8 Å². The molecule has 0 aliphatic carbocycles. The molecule has 4 unspecified atom stereocenters. The van der Waals surface area contributed by atoms with Gasteiger partial charge in [-0.25, -0.2) is 5.10 Å². The van der Waals surface area contributed by atoms with E-state index in [1.807, 2.05) is 13.8 Å². The number of H-pyrrole nitrogens is 1. The summed E-state index contributed by atoms with van der Waals surface area (Å²) in [6.07, 6.45) is 0. The lowest BCUT2D eigenvalue weighted by molar-refractivity contribution is -0.151. The SMILES string of the molecule is CC1(C)SC2C(NC(=O)C(c3ccccc3)S(=O)(=O)O)C(=O)N2C1c1nnn[nH]1. The lowest BCUT2D eigenvalue weighted by Gasteiger charge is -2.44. The van der Waals surface area contributed by atoms with E-state index >= 15 is 0 Å². The van der Waals surface area contributed by atoms with E-state index in [9.17, 15) is 22.6 Å². The van der Waals surface area contributed by atoms with Crippen LogP contribution < -0.4 is 5.32 Å². The zero-order valence-corrected chi connectivity index (χ0v) is 17.0. The van der Waals surface area contributed by atoms with E-state index in [4.69, 9.17) is 0 Å². The highest BCUT2D eigenvalue weighted by Gasteiger charge is 2.63. The number of β-lactam (4-membered cyclic amide) rings is 1. The number of rotatable bonds is 5. The highest BCUT2D eigenvalue weighted by Crippen LogP contribution is 2.56. The second-order valence-electron chi connectivity index (χ2n) is 7.34. The molecule has 11 nitrogen and oxygen atoms in total. The van der Waals surface area contributed by atoms with Crippen LogP contribution in [0.15, 0.2) is 30.3 Å². The Morgan fingerprint density at radius 3 is 2.62 bits per heavy atom. The van der Waals surface area contributed by atoms with Crippen molar-refractivity contribution in [3.63, 3.8) is 0 Å². The minimum atomic E-state index is -4.73. The quantitative estimate of drug-likeness (QED) is 0.433. The van der Waals surface area contributed by atoms with Gasteiger partial charge in [0.05, 0.1) is 0 Å². The summed E-state index contributed by atoms with van der Waals surface area (Å²) in [7, 11) is -4.73. The average Bonchev–Trinajstić information content (AvgIpc) is 3.23. The van der Waals surface area contributed by atoms with E-state index in [0.717, 1.165) is 0 Å². The van der Waals surface area contributed by atoms with Gasteiger partial charge in [0.25, 0.3) is 10.1 Å². The Labute approximate surface area is 170 Å². The van der Waals surface area contributed by atoms with Crippen molar-refractivity contribution in [3.8, 4) is 0 Å². The standard InChI is InChI=1S/C16H18N6O5S2/c1-16(2)11(12-18-20-21-19-12)22-14(24)9(15(22)28-16)17-13(23)10(29(25,26)27)8-6-4-3-5-7-8/h3-7,9-11,15H,1-2H3,(H,17,23)(H,25,26,27)(H,18,19,20,21).